The van der Waals surface area contributed by atoms with Gasteiger partial charge in [0.25, 0.3) is 0 Å². The number of phenolic OH excluding ortho intramolecular Hbond substituents is 1. The summed E-state index contributed by atoms with van der Waals surface area (Å²) in [7, 11) is 0. The molecule has 0 aliphatic carbocycles. The number of hydrogen-bond acceptors (Lipinski definition) is 2. The lowest BCUT2D eigenvalue weighted by Gasteiger charge is -2.33. The van der Waals surface area contributed by atoms with Gasteiger partial charge in [-0.25, -0.2) is 0 Å². The minimum absolute atomic E-state index is 0. The first-order chi connectivity index (χ1) is 8.60. The van der Waals surface area contributed by atoms with E-state index in [1.165, 1.54) is 12.0 Å². The van der Waals surface area contributed by atoms with Crippen LogP contribution in [0.4, 0.5) is 0 Å². The zero-order valence-corrected chi connectivity index (χ0v) is 14.3. The largest absolute Gasteiger partial charge is 0.507 e. The molecule has 114 valence electrons. The Morgan fingerprint density at radius 2 is 1.40 bits per heavy atom. The normalized spacial score (nSPS) is 19.2. The van der Waals surface area contributed by atoms with Crippen LogP contribution in [0.3, 0.4) is 0 Å². The lowest BCUT2D eigenvalue weighted by molar-refractivity contribution is 0.377. The number of benzene rings is 1. The number of aromatic hydroxyl groups is 1. The molecule has 1 aliphatic heterocycles. The molecular formula is C17H28ClNO. The number of hydrogen-bond donors (Lipinski definition) is 2. The molecule has 0 saturated carbocycles. The van der Waals surface area contributed by atoms with Crippen molar-refractivity contribution in [1.82, 2.24) is 5.32 Å². The van der Waals surface area contributed by atoms with Gasteiger partial charge in [0.2, 0.25) is 0 Å². The predicted molar refractivity (Wildman–Crippen MR) is 88.1 cm³/mol. The van der Waals surface area contributed by atoms with Crippen molar-refractivity contribution in [2.45, 2.75) is 64.8 Å². The lowest BCUT2D eigenvalue weighted by atomic mass is 9.77. The molecular weight excluding hydrogens is 270 g/mol. The molecule has 0 radical (unpaired) electrons. The maximum absolute atomic E-state index is 10.6. The highest BCUT2D eigenvalue weighted by atomic mass is 35.5. The minimum atomic E-state index is -0.0379. The SMILES string of the molecule is CC(C)(C)c1cc([C@@H]2CCN2)cc(C(C)(C)C)c1O.Cl. The van der Waals surface area contributed by atoms with E-state index in [9.17, 15) is 5.11 Å². The van der Waals surface area contributed by atoms with E-state index in [0.29, 0.717) is 11.8 Å². The molecule has 0 aromatic heterocycles. The number of rotatable bonds is 1. The van der Waals surface area contributed by atoms with E-state index in [-0.39, 0.29) is 23.2 Å². The molecule has 2 rings (SSSR count). The van der Waals surface area contributed by atoms with Gasteiger partial charge in [0.1, 0.15) is 5.75 Å². The van der Waals surface area contributed by atoms with E-state index in [2.05, 4.69) is 59.0 Å². The van der Waals surface area contributed by atoms with E-state index < -0.39 is 0 Å². The summed E-state index contributed by atoms with van der Waals surface area (Å²) in [5.41, 5.74) is 3.36. The van der Waals surface area contributed by atoms with E-state index >= 15 is 0 Å². The second-order valence-electron chi connectivity index (χ2n) is 7.76. The second kappa shape index (κ2) is 5.57. The smallest absolute Gasteiger partial charge is 0.123 e. The third-order valence-electron chi connectivity index (χ3n) is 3.97. The molecule has 0 bridgehead atoms. The van der Waals surface area contributed by atoms with Crippen molar-refractivity contribution in [3.05, 3.63) is 28.8 Å². The van der Waals surface area contributed by atoms with Gasteiger partial charge in [-0.05, 0) is 52.6 Å². The summed E-state index contributed by atoms with van der Waals surface area (Å²) in [6.07, 6.45) is 1.19. The fourth-order valence-electron chi connectivity index (χ4n) is 2.57. The van der Waals surface area contributed by atoms with Gasteiger partial charge in [0, 0.05) is 6.04 Å². The van der Waals surface area contributed by atoms with Crippen molar-refractivity contribution in [3.8, 4) is 5.75 Å². The van der Waals surface area contributed by atoms with Crippen LogP contribution in [0.2, 0.25) is 0 Å². The van der Waals surface area contributed by atoms with Gasteiger partial charge < -0.3 is 10.4 Å². The zero-order valence-electron chi connectivity index (χ0n) is 13.5. The average molecular weight is 298 g/mol. The first kappa shape index (κ1) is 17.3. The van der Waals surface area contributed by atoms with Gasteiger partial charge in [-0.2, -0.15) is 0 Å². The van der Waals surface area contributed by atoms with Crippen molar-refractivity contribution in [2.24, 2.45) is 0 Å². The molecule has 2 N–H and O–H groups in total. The molecule has 0 unspecified atom stereocenters. The van der Waals surface area contributed by atoms with Crippen molar-refractivity contribution in [1.29, 1.82) is 0 Å². The zero-order chi connectivity index (χ0) is 14.4. The van der Waals surface area contributed by atoms with Crippen LogP contribution in [-0.4, -0.2) is 11.7 Å². The molecule has 1 aliphatic rings. The molecule has 0 amide bonds. The molecule has 1 aromatic carbocycles. The Labute approximate surface area is 129 Å². The molecule has 20 heavy (non-hydrogen) atoms. The fraction of sp³-hybridized carbons (Fsp3) is 0.647. The molecule has 1 fully saturated rings. The Kier molecular flexibility index (Phi) is 4.83. The predicted octanol–water partition coefficient (Wildman–Crippen LogP) is 4.44. The highest BCUT2D eigenvalue weighted by Gasteiger charge is 2.29. The van der Waals surface area contributed by atoms with Gasteiger partial charge in [0.15, 0.2) is 0 Å². The van der Waals surface area contributed by atoms with Crippen molar-refractivity contribution >= 4 is 12.4 Å². The summed E-state index contributed by atoms with van der Waals surface area (Å²) in [4.78, 5) is 0. The van der Waals surface area contributed by atoms with Crippen molar-refractivity contribution < 1.29 is 5.11 Å². The van der Waals surface area contributed by atoms with Crippen LogP contribution in [0.5, 0.6) is 5.75 Å². The number of nitrogens with one attached hydrogen (secondary N) is 1. The van der Waals surface area contributed by atoms with Crippen LogP contribution in [0.1, 0.15) is 70.7 Å². The van der Waals surface area contributed by atoms with E-state index in [1.54, 1.807) is 0 Å². The number of phenols is 1. The third kappa shape index (κ3) is 3.29. The van der Waals surface area contributed by atoms with Crippen LogP contribution in [-0.2, 0) is 10.8 Å². The second-order valence-corrected chi connectivity index (χ2v) is 7.76. The Morgan fingerprint density at radius 1 is 1.00 bits per heavy atom. The molecule has 1 heterocycles. The van der Waals surface area contributed by atoms with Gasteiger partial charge >= 0.3 is 0 Å². The summed E-state index contributed by atoms with van der Waals surface area (Å²) in [5.74, 6) is 0.475. The Hall–Kier alpha value is -0.730. The summed E-state index contributed by atoms with van der Waals surface area (Å²) in [5, 5.41) is 14.1. The van der Waals surface area contributed by atoms with E-state index in [4.69, 9.17) is 0 Å². The summed E-state index contributed by atoms with van der Waals surface area (Å²) in [6.45, 7) is 14.1. The average Bonchev–Trinajstić information content (AvgIpc) is 2.13. The van der Waals surface area contributed by atoms with Gasteiger partial charge in [0.05, 0.1) is 0 Å². The highest BCUT2D eigenvalue weighted by molar-refractivity contribution is 5.85. The summed E-state index contributed by atoms with van der Waals surface area (Å²) >= 11 is 0. The summed E-state index contributed by atoms with van der Waals surface area (Å²) in [6, 6.07) is 4.82. The van der Waals surface area contributed by atoms with Crippen LogP contribution in [0.25, 0.3) is 0 Å². The van der Waals surface area contributed by atoms with E-state index in [0.717, 1.165) is 17.7 Å². The Morgan fingerprint density at radius 3 is 1.65 bits per heavy atom. The van der Waals surface area contributed by atoms with Gasteiger partial charge in [-0.15, -0.1) is 12.4 Å². The van der Waals surface area contributed by atoms with Crippen LogP contribution in [0, 0.1) is 0 Å². The quantitative estimate of drug-likeness (QED) is 0.803. The highest BCUT2D eigenvalue weighted by Crippen LogP contribution is 2.41. The fourth-order valence-corrected chi connectivity index (χ4v) is 2.57. The van der Waals surface area contributed by atoms with Crippen molar-refractivity contribution in [2.75, 3.05) is 6.54 Å². The monoisotopic (exact) mass is 297 g/mol. The maximum atomic E-state index is 10.6. The van der Waals surface area contributed by atoms with Crippen LogP contribution < -0.4 is 5.32 Å². The van der Waals surface area contributed by atoms with Crippen molar-refractivity contribution in [3.63, 3.8) is 0 Å². The number of halogens is 1. The standard InChI is InChI=1S/C17H27NO.ClH/c1-16(2,3)12-9-11(14-7-8-18-14)10-13(15(12)19)17(4,5)6;/h9-10,14,18-19H,7-8H2,1-6H3;1H/t14-;/m0./s1. The maximum Gasteiger partial charge on any atom is 0.123 e. The summed E-state index contributed by atoms with van der Waals surface area (Å²) < 4.78 is 0. The Balaban J connectivity index is 0.00000200. The molecule has 1 atom stereocenters. The first-order valence-corrected chi connectivity index (χ1v) is 7.22. The molecule has 1 saturated heterocycles. The lowest BCUT2D eigenvalue weighted by Crippen LogP contribution is -2.35. The third-order valence-corrected chi connectivity index (χ3v) is 3.97. The first-order valence-electron chi connectivity index (χ1n) is 7.22. The minimum Gasteiger partial charge on any atom is -0.507 e. The van der Waals surface area contributed by atoms with Crippen LogP contribution in [0.15, 0.2) is 12.1 Å². The molecule has 0 spiro atoms. The molecule has 2 nitrogen and oxygen atoms in total. The topological polar surface area (TPSA) is 32.3 Å². The van der Waals surface area contributed by atoms with Gasteiger partial charge in [-0.1, -0.05) is 41.5 Å². The van der Waals surface area contributed by atoms with Gasteiger partial charge in [-0.3, -0.25) is 0 Å². The molecule has 1 aromatic rings. The Bertz CT molecular complexity index is 444. The molecule has 3 heteroatoms. The van der Waals surface area contributed by atoms with E-state index in [1.807, 2.05) is 0 Å². The van der Waals surface area contributed by atoms with Crippen LogP contribution >= 0.6 is 12.4 Å².